The van der Waals surface area contributed by atoms with Gasteiger partial charge >= 0.3 is 0 Å². The highest BCUT2D eigenvalue weighted by molar-refractivity contribution is 9.10. The van der Waals surface area contributed by atoms with Crippen molar-refractivity contribution in [3.63, 3.8) is 0 Å². The van der Waals surface area contributed by atoms with Crippen LogP contribution in [0.2, 0.25) is 0 Å². The topological polar surface area (TPSA) is 61.7 Å². The number of hydrogen-bond acceptors (Lipinski definition) is 4. The number of likely N-dealkylation sites (tertiary alicyclic amines) is 1. The summed E-state index contributed by atoms with van der Waals surface area (Å²) >= 11 is 3.44. The number of rotatable bonds is 4. The average molecular weight is 488 g/mol. The van der Waals surface area contributed by atoms with Crippen LogP contribution in [0.5, 0.6) is 0 Å². The Morgan fingerprint density at radius 2 is 1.55 bits per heavy atom. The Bertz CT molecular complexity index is 911. The van der Waals surface area contributed by atoms with E-state index >= 15 is 0 Å². The van der Waals surface area contributed by atoms with E-state index in [1.165, 1.54) is 12.8 Å². The number of aromatic nitrogens is 2. The van der Waals surface area contributed by atoms with Crippen molar-refractivity contribution in [3.05, 3.63) is 46.2 Å². The molecule has 0 radical (unpaired) electrons. The Morgan fingerprint density at radius 3 is 2.19 bits per heavy atom. The van der Waals surface area contributed by atoms with Gasteiger partial charge in [0.05, 0.1) is 29.7 Å². The van der Waals surface area contributed by atoms with E-state index in [1.54, 1.807) is 10.9 Å². The van der Waals surface area contributed by atoms with Gasteiger partial charge in [-0.1, -0.05) is 28.8 Å². The monoisotopic (exact) mass is 487 g/mol. The molecule has 0 bridgehead atoms. The summed E-state index contributed by atoms with van der Waals surface area (Å²) in [5.41, 5.74) is 2.40. The highest BCUT2D eigenvalue weighted by atomic mass is 79.9. The van der Waals surface area contributed by atoms with Crippen LogP contribution in [0.1, 0.15) is 41.7 Å². The highest BCUT2D eigenvalue weighted by Crippen LogP contribution is 2.19. The van der Waals surface area contributed by atoms with Crippen molar-refractivity contribution in [2.24, 2.45) is 0 Å². The standard InChI is InChI=1S/C23H30BrN5O2/c1-18-21(16-25-29(18)20-8-6-19(24)7-9-20)23(31)28-14-12-26(13-15-28)17-22(30)27-10-4-2-3-5-11-27/h6-9,16H,2-5,10-15,17H2,1H3. The number of benzene rings is 1. The van der Waals surface area contributed by atoms with Crippen molar-refractivity contribution >= 4 is 27.7 Å². The summed E-state index contributed by atoms with van der Waals surface area (Å²) in [6, 6.07) is 7.87. The molecule has 4 rings (SSSR count). The van der Waals surface area contributed by atoms with Crippen LogP contribution in [0.25, 0.3) is 5.69 Å². The molecule has 2 aromatic rings. The molecule has 1 aromatic carbocycles. The minimum absolute atomic E-state index is 0.0133. The number of nitrogens with zero attached hydrogens (tertiary/aromatic N) is 5. The highest BCUT2D eigenvalue weighted by Gasteiger charge is 2.27. The predicted molar refractivity (Wildman–Crippen MR) is 123 cm³/mol. The molecule has 0 saturated carbocycles. The van der Waals surface area contributed by atoms with Gasteiger partial charge in [0.1, 0.15) is 0 Å². The van der Waals surface area contributed by atoms with Gasteiger partial charge < -0.3 is 9.80 Å². The molecule has 7 nitrogen and oxygen atoms in total. The largest absolute Gasteiger partial charge is 0.342 e. The number of halogens is 1. The molecule has 0 atom stereocenters. The zero-order valence-corrected chi connectivity index (χ0v) is 19.7. The zero-order valence-electron chi connectivity index (χ0n) is 18.1. The van der Waals surface area contributed by atoms with Crippen LogP contribution in [0.4, 0.5) is 0 Å². The van der Waals surface area contributed by atoms with Gasteiger partial charge in [0.2, 0.25) is 5.91 Å². The van der Waals surface area contributed by atoms with E-state index in [2.05, 4.69) is 25.9 Å². The summed E-state index contributed by atoms with van der Waals surface area (Å²) in [5, 5.41) is 4.44. The van der Waals surface area contributed by atoms with Crippen molar-refractivity contribution in [2.45, 2.75) is 32.6 Å². The van der Waals surface area contributed by atoms with Crippen LogP contribution in [-0.4, -0.2) is 82.1 Å². The molecule has 31 heavy (non-hydrogen) atoms. The SMILES string of the molecule is Cc1c(C(=O)N2CCN(CC(=O)N3CCCCCC3)CC2)cnn1-c1ccc(Br)cc1. The molecule has 2 aliphatic rings. The summed E-state index contributed by atoms with van der Waals surface area (Å²) in [5.74, 6) is 0.243. The normalized spacial score (nSPS) is 18.1. The third-order valence-corrected chi connectivity index (χ3v) is 6.82. The molecule has 1 aromatic heterocycles. The second-order valence-corrected chi connectivity index (χ2v) is 9.31. The van der Waals surface area contributed by atoms with E-state index in [0.29, 0.717) is 25.2 Å². The number of carbonyl (C=O) groups excluding carboxylic acids is 2. The lowest BCUT2D eigenvalue weighted by Crippen LogP contribution is -2.51. The van der Waals surface area contributed by atoms with Crippen molar-refractivity contribution < 1.29 is 9.59 Å². The Hall–Kier alpha value is -2.19. The van der Waals surface area contributed by atoms with Gasteiger partial charge in [-0.3, -0.25) is 14.5 Å². The molecule has 0 spiro atoms. The molecule has 0 unspecified atom stereocenters. The molecule has 8 heteroatoms. The van der Waals surface area contributed by atoms with Crippen LogP contribution < -0.4 is 0 Å². The van der Waals surface area contributed by atoms with E-state index < -0.39 is 0 Å². The smallest absolute Gasteiger partial charge is 0.257 e. The van der Waals surface area contributed by atoms with E-state index in [1.807, 2.05) is 41.0 Å². The molecule has 3 heterocycles. The fourth-order valence-electron chi connectivity index (χ4n) is 4.35. The van der Waals surface area contributed by atoms with Crippen LogP contribution in [0, 0.1) is 6.92 Å². The van der Waals surface area contributed by atoms with Crippen LogP contribution in [-0.2, 0) is 4.79 Å². The van der Waals surface area contributed by atoms with Crippen molar-refractivity contribution in [1.29, 1.82) is 0 Å². The average Bonchev–Trinajstić information content (AvgIpc) is 2.98. The van der Waals surface area contributed by atoms with Gasteiger partial charge in [-0.2, -0.15) is 5.10 Å². The van der Waals surface area contributed by atoms with Crippen LogP contribution >= 0.6 is 15.9 Å². The predicted octanol–water partition coefficient (Wildman–Crippen LogP) is 3.10. The number of carbonyl (C=O) groups is 2. The maximum atomic E-state index is 13.1. The maximum absolute atomic E-state index is 13.1. The maximum Gasteiger partial charge on any atom is 0.257 e. The quantitative estimate of drug-likeness (QED) is 0.664. The molecular weight excluding hydrogens is 458 g/mol. The van der Waals surface area contributed by atoms with Crippen molar-refractivity contribution in [2.75, 3.05) is 45.8 Å². The Kier molecular flexibility index (Phi) is 7.07. The molecular formula is C23H30BrN5O2. The zero-order chi connectivity index (χ0) is 21.8. The van der Waals surface area contributed by atoms with Gasteiger partial charge in [-0.15, -0.1) is 0 Å². The second kappa shape index (κ2) is 9.96. The first-order valence-electron chi connectivity index (χ1n) is 11.1. The lowest BCUT2D eigenvalue weighted by molar-refractivity contribution is -0.132. The first kappa shape index (κ1) is 22.0. The van der Waals surface area contributed by atoms with Crippen molar-refractivity contribution in [3.8, 4) is 5.69 Å². The summed E-state index contributed by atoms with van der Waals surface area (Å²) in [7, 11) is 0. The summed E-state index contributed by atoms with van der Waals surface area (Å²) in [6.07, 6.45) is 6.34. The van der Waals surface area contributed by atoms with Crippen LogP contribution in [0.15, 0.2) is 34.9 Å². The Balaban J connectivity index is 1.33. The molecule has 2 aliphatic heterocycles. The van der Waals surface area contributed by atoms with Gasteiger partial charge in [-0.05, 0) is 44.0 Å². The van der Waals surface area contributed by atoms with E-state index in [-0.39, 0.29) is 11.8 Å². The molecule has 2 saturated heterocycles. The van der Waals surface area contributed by atoms with Gasteiger partial charge in [-0.25, -0.2) is 4.68 Å². The van der Waals surface area contributed by atoms with E-state index in [0.717, 1.165) is 54.9 Å². The fourth-order valence-corrected chi connectivity index (χ4v) is 4.62. The lowest BCUT2D eigenvalue weighted by Gasteiger charge is -2.35. The van der Waals surface area contributed by atoms with Gasteiger partial charge in [0.25, 0.3) is 5.91 Å². The van der Waals surface area contributed by atoms with E-state index in [9.17, 15) is 9.59 Å². The molecule has 2 amide bonds. The first-order valence-corrected chi connectivity index (χ1v) is 11.9. The number of hydrogen-bond donors (Lipinski definition) is 0. The number of amides is 2. The molecule has 0 N–H and O–H groups in total. The Morgan fingerprint density at radius 1 is 0.903 bits per heavy atom. The summed E-state index contributed by atoms with van der Waals surface area (Å²) in [6.45, 7) is 6.89. The minimum atomic E-state index is 0.0133. The van der Waals surface area contributed by atoms with Gasteiger partial charge in [0.15, 0.2) is 0 Å². The Labute approximate surface area is 192 Å². The third-order valence-electron chi connectivity index (χ3n) is 6.29. The first-order chi connectivity index (χ1) is 15.0. The lowest BCUT2D eigenvalue weighted by atomic mass is 10.2. The fraction of sp³-hybridized carbons (Fsp3) is 0.522. The molecule has 2 fully saturated rings. The minimum Gasteiger partial charge on any atom is -0.342 e. The second-order valence-electron chi connectivity index (χ2n) is 8.40. The third kappa shape index (κ3) is 5.18. The summed E-state index contributed by atoms with van der Waals surface area (Å²) < 4.78 is 2.81. The molecule has 166 valence electrons. The summed E-state index contributed by atoms with van der Waals surface area (Å²) in [4.78, 5) is 31.8. The number of piperazine rings is 1. The van der Waals surface area contributed by atoms with Gasteiger partial charge in [0, 0.05) is 43.7 Å². The van der Waals surface area contributed by atoms with Crippen molar-refractivity contribution in [1.82, 2.24) is 24.5 Å². The van der Waals surface area contributed by atoms with Crippen LogP contribution in [0.3, 0.4) is 0 Å². The molecule has 0 aliphatic carbocycles. The van der Waals surface area contributed by atoms with E-state index in [4.69, 9.17) is 0 Å².